The topological polar surface area (TPSA) is 20.3 Å². The first-order chi connectivity index (χ1) is 8.78. The van der Waals surface area contributed by atoms with E-state index in [1.165, 1.54) is 11.1 Å². The summed E-state index contributed by atoms with van der Waals surface area (Å²) >= 11 is 6.23. The van der Waals surface area contributed by atoms with Crippen LogP contribution in [0.25, 0.3) is 0 Å². The van der Waals surface area contributed by atoms with Gasteiger partial charge >= 0.3 is 0 Å². The van der Waals surface area contributed by atoms with Crippen molar-refractivity contribution in [3.8, 4) is 0 Å². The first kappa shape index (κ1) is 11.3. The Balaban J connectivity index is 1.92. The number of nitrogens with zero attached hydrogens (tertiary/aromatic N) is 1. The average molecular weight is 258 g/mol. The third-order valence-electron chi connectivity index (χ3n) is 3.29. The Bertz CT molecular complexity index is 584. The van der Waals surface area contributed by atoms with E-state index in [1.54, 1.807) is 12.1 Å². The number of carbonyl (C=O) groups excluding carboxylic acids is 1. The van der Waals surface area contributed by atoms with Crippen LogP contribution < -0.4 is 4.90 Å². The molecule has 0 saturated heterocycles. The molecule has 0 atom stereocenters. The smallest absolute Gasteiger partial charge is 0.150 e. The molecular formula is C15H12ClNO. The van der Waals surface area contributed by atoms with E-state index < -0.39 is 0 Å². The molecule has 2 nitrogen and oxygen atoms in total. The fourth-order valence-electron chi connectivity index (χ4n) is 2.36. The molecule has 3 rings (SSSR count). The summed E-state index contributed by atoms with van der Waals surface area (Å²) in [6.45, 7) is 1.74. The molecule has 2 aromatic carbocycles. The number of aldehydes is 1. The molecule has 0 saturated carbocycles. The number of hydrogen-bond acceptors (Lipinski definition) is 2. The van der Waals surface area contributed by atoms with E-state index in [9.17, 15) is 4.79 Å². The number of carbonyl (C=O) groups is 1. The van der Waals surface area contributed by atoms with E-state index >= 15 is 0 Å². The predicted molar refractivity (Wildman–Crippen MR) is 73.2 cm³/mol. The Morgan fingerprint density at radius 1 is 1.06 bits per heavy atom. The normalized spacial score (nSPS) is 13.5. The third kappa shape index (κ3) is 1.89. The summed E-state index contributed by atoms with van der Waals surface area (Å²) in [6, 6.07) is 13.8. The Kier molecular flexibility index (Phi) is 2.80. The minimum absolute atomic E-state index is 0.612. The lowest BCUT2D eigenvalue weighted by molar-refractivity contribution is 0.112. The number of rotatable bonds is 2. The van der Waals surface area contributed by atoms with Crippen molar-refractivity contribution < 1.29 is 4.79 Å². The lowest BCUT2D eigenvalue weighted by Crippen LogP contribution is -2.14. The van der Waals surface area contributed by atoms with E-state index in [0.29, 0.717) is 10.6 Å². The second kappa shape index (κ2) is 4.46. The van der Waals surface area contributed by atoms with Gasteiger partial charge in [0.25, 0.3) is 0 Å². The van der Waals surface area contributed by atoms with Gasteiger partial charge in [0.05, 0.1) is 10.7 Å². The van der Waals surface area contributed by atoms with Crippen molar-refractivity contribution >= 4 is 23.6 Å². The monoisotopic (exact) mass is 257 g/mol. The molecule has 1 heterocycles. The molecule has 1 aliphatic rings. The third-order valence-corrected chi connectivity index (χ3v) is 3.59. The SMILES string of the molecule is O=Cc1ccc(N2Cc3ccccc3C2)c(Cl)c1. The summed E-state index contributed by atoms with van der Waals surface area (Å²) in [5.41, 5.74) is 4.28. The van der Waals surface area contributed by atoms with Crippen LogP contribution in [0, 0.1) is 0 Å². The molecule has 1 aliphatic heterocycles. The van der Waals surface area contributed by atoms with Crippen molar-refractivity contribution in [2.45, 2.75) is 13.1 Å². The van der Waals surface area contributed by atoms with Crippen molar-refractivity contribution in [3.05, 3.63) is 64.2 Å². The lowest BCUT2D eigenvalue weighted by atomic mass is 10.1. The maximum absolute atomic E-state index is 10.7. The Morgan fingerprint density at radius 3 is 2.28 bits per heavy atom. The molecule has 0 radical (unpaired) electrons. The van der Waals surface area contributed by atoms with E-state index in [1.807, 2.05) is 6.07 Å². The number of benzene rings is 2. The van der Waals surface area contributed by atoms with E-state index in [0.717, 1.165) is 25.1 Å². The number of hydrogen-bond donors (Lipinski definition) is 0. The first-order valence-electron chi connectivity index (χ1n) is 5.84. The van der Waals surface area contributed by atoms with Gasteiger partial charge < -0.3 is 4.90 Å². The minimum Gasteiger partial charge on any atom is -0.362 e. The highest BCUT2D eigenvalue weighted by Crippen LogP contribution is 2.33. The fourth-order valence-corrected chi connectivity index (χ4v) is 2.66. The van der Waals surface area contributed by atoms with Crippen LogP contribution in [0.5, 0.6) is 0 Å². The quantitative estimate of drug-likeness (QED) is 0.765. The largest absolute Gasteiger partial charge is 0.362 e. The van der Waals surface area contributed by atoms with Crippen molar-refractivity contribution in [2.75, 3.05) is 4.90 Å². The summed E-state index contributed by atoms with van der Waals surface area (Å²) in [4.78, 5) is 12.9. The Morgan fingerprint density at radius 2 is 1.72 bits per heavy atom. The van der Waals surface area contributed by atoms with Crippen LogP contribution in [-0.2, 0) is 13.1 Å². The van der Waals surface area contributed by atoms with Crippen molar-refractivity contribution in [1.82, 2.24) is 0 Å². The summed E-state index contributed by atoms with van der Waals surface area (Å²) in [6.07, 6.45) is 0.814. The molecule has 0 bridgehead atoms. The molecule has 90 valence electrons. The summed E-state index contributed by atoms with van der Waals surface area (Å²) in [5, 5.41) is 0.632. The van der Waals surface area contributed by atoms with E-state index in [4.69, 9.17) is 11.6 Å². The second-order valence-electron chi connectivity index (χ2n) is 4.45. The fraction of sp³-hybridized carbons (Fsp3) is 0.133. The Labute approximate surface area is 111 Å². The molecule has 0 aromatic heterocycles. The molecule has 0 N–H and O–H groups in total. The molecule has 3 heteroatoms. The highest BCUT2D eigenvalue weighted by molar-refractivity contribution is 6.33. The molecule has 0 spiro atoms. The lowest BCUT2D eigenvalue weighted by Gasteiger charge is -2.19. The molecule has 18 heavy (non-hydrogen) atoms. The standard InChI is InChI=1S/C15H12ClNO/c16-14-7-11(10-18)5-6-15(14)17-8-12-3-1-2-4-13(12)9-17/h1-7,10H,8-9H2. The van der Waals surface area contributed by atoms with Gasteiger partial charge in [0.15, 0.2) is 0 Å². The number of halogens is 1. The van der Waals surface area contributed by atoms with Gasteiger partial charge in [0.2, 0.25) is 0 Å². The maximum Gasteiger partial charge on any atom is 0.150 e. The van der Waals surface area contributed by atoms with Crippen LogP contribution in [-0.4, -0.2) is 6.29 Å². The average Bonchev–Trinajstić information content (AvgIpc) is 2.81. The zero-order valence-corrected chi connectivity index (χ0v) is 10.5. The van der Waals surface area contributed by atoms with Gasteiger partial charge in [-0.2, -0.15) is 0 Å². The van der Waals surface area contributed by atoms with Crippen LogP contribution in [0.15, 0.2) is 42.5 Å². The van der Waals surface area contributed by atoms with Gasteiger partial charge in [-0.3, -0.25) is 4.79 Å². The van der Waals surface area contributed by atoms with Crippen molar-refractivity contribution in [2.24, 2.45) is 0 Å². The zero-order chi connectivity index (χ0) is 12.5. The van der Waals surface area contributed by atoms with E-state index in [-0.39, 0.29) is 0 Å². The second-order valence-corrected chi connectivity index (χ2v) is 4.86. The van der Waals surface area contributed by atoms with Gasteiger partial charge in [0.1, 0.15) is 6.29 Å². The van der Waals surface area contributed by atoms with Crippen molar-refractivity contribution in [3.63, 3.8) is 0 Å². The van der Waals surface area contributed by atoms with Gasteiger partial charge in [0, 0.05) is 18.7 Å². The van der Waals surface area contributed by atoms with Gasteiger partial charge in [-0.25, -0.2) is 0 Å². The highest BCUT2D eigenvalue weighted by atomic mass is 35.5. The summed E-state index contributed by atoms with van der Waals surface area (Å²) in [7, 11) is 0. The summed E-state index contributed by atoms with van der Waals surface area (Å²) < 4.78 is 0. The van der Waals surface area contributed by atoms with E-state index in [2.05, 4.69) is 29.2 Å². The van der Waals surface area contributed by atoms with Crippen molar-refractivity contribution in [1.29, 1.82) is 0 Å². The molecule has 0 fully saturated rings. The van der Waals surface area contributed by atoms with Crippen LogP contribution >= 0.6 is 11.6 Å². The highest BCUT2D eigenvalue weighted by Gasteiger charge is 2.20. The Hall–Kier alpha value is -1.80. The molecular weight excluding hydrogens is 246 g/mol. The number of fused-ring (bicyclic) bond motifs is 1. The maximum atomic E-state index is 10.7. The summed E-state index contributed by atoms with van der Waals surface area (Å²) in [5.74, 6) is 0. The minimum atomic E-state index is 0.612. The van der Waals surface area contributed by atoms with Crippen LogP contribution in [0.3, 0.4) is 0 Å². The molecule has 0 amide bonds. The number of anilines is 1. The van der Waals surface area contributed by atoms with Crippen LogP contribution in [0.1, 0.15) is 21.5 Å². The van der Waals surface area contributed by atoms with Crippen LogP contribution in [0.4, 0.5) is 5.69 Å². The van der Waals surface area contributed by atoms with Gasteiger partial charge in [-0.1, -0.05) is 35.9 Å². The van der Waals surface area contributed by atoms with Gasteiger partial charge in [-0.15, -0.1) is 0 Å². The first-order valence-corrected chi connectivity index (χ1v) is 6.22. The molecule has 2 aromatic rings. The van der Waals surface area contributed by atoms with Crippen LogP contribution in [0.2, 0.25) is 5.02 Å². The molecule has 0 aliphatic carbocycles. The van der Waals surface area contributed by atoms with Gasteiger partial charge in [-0.05, 0) is 29.3 Å². The predicted octanol–water partition coefficient (Wildman–Crippen LogP) is 3.67. The zero-order valence-electron chi connectivity index (χ0n) is 9.77. The molecule has 0 unspecified atom stereocenters.